The van der Waals surface area contributed by atoms with Crippen LogP contribution in [0, 0.1) is 0 Å². The van der Waals surface area contributed by atoms with E-state index in [1.807, 2.05) is 17.7 Å². The Morgan fingerprint density at radius 3 is 2.71 bits per heavy atom. The van der Waals surface area contributed by atoms with Crippen molar-refractivity contribution in [2.75, 3.05) is 32.9 Å². The second-order valence-electron chi connectivity index (χ2n) is 5.88. The van der Waals surface area contributed by atoms with Gasteiger partial charge >= 0.3 is 0 Å². The molecule has 0 aliphatic heterocycles. The van der Waals surface area contributed by atoms with Crippen LogP contribution in [0.15, 0.2) is 40.7 Å². The summed E-state index contributed by atoms with van der Waals surface area (Å²) >= 11 is 1.63. The van der Waals surface area contributed by atoms with E-state index in [9.17, 15) is 0 Å². The first-order valence-corrected chi connectivity index (χ1v) is 8.77. The molecule has 3 aromatic rings. The molecule has 0 radical (unpaired) electrons. The molecule has 0 aliphatic rings. The molecular weight excluding hydrogens is 318 g/mol. The van der Waals surface area contributed by atoms with Gasteiger partial charge in [-0.2, -0.15) is 0 Å². The Balaban J connectivity index is 1.74. The fourth-order valence-electron chi connectivity index (χ4n) is 2.45. The average Bonchev–Trinajstić information content (AvgIpc) is 3.02. The summed E-state index contributed by atoms with van der Waals surface area (Å²) in [5.74, 6) is 0.308. The molecule has 2 aromatic heterocycles. The molecule has 0 unspecified atom stereocenters. The van der Waals surface area contributed by atoms with E-state index < -0.39 is 0 Å². The van der Waals surface area contributed by atoms with Crippen molar-refractivity contribution in [2.45, 2.75) is 6.42 Å². The van der Waals surface area contributed by atoms with Gasteiger partial charge in [0.25, 0.3) is 0 Å². The van der Waals surface area contributed by atoms with Crippen molar-refractivity contribution >= 4 is 33.7 Å². The fourth-order valence-corrected chi connectivity index (χ4v) is 3.29. The number of nitrogen functional groups attached to an aromatic ring is 1. The minimum atomic E-state index is 0.308. The van der Waals surface area contributed by atoms with Gasteiger partial charge in [0.2, 0.25) is 5.95 Å². The largest absolute Gasteiger partial charge is 0.368 e. The van der Waals surface area contributed by atoms with Crippen LogP contribution in [0.1, 0.15) is 12.0 Å². The number of benzene rings is 1. The molecule has 0 bridgehead atoms. The van der Waals surface area contributed by atoms with E-state index in [1.54, 1.807) is 11.3 Å². The van der Waals surface area contributed by atoms with Crippen LogP contribution < -0.4 is 5.73 Å². The number of fused-ring (bicyclic) bond motifs is 1. The lowest BCUT2D eigenvalue weighted by molar-refractivity contribution is 0.403. The van der Waals surface area contributed by atoms with Crippen LogP contribution in [0.5, 0.6) is 0 Å². The summed E-state index contributed by atoms with van der Waals surface area (Å²) in [5, 5.41) is 2.01. The highest BCUT2D eigenvalue weighted by molar-refractivity contribution is 7.17. The summed E-state index contributed by atoms with van der Waals surface area (Å²) in [7, 11) is 4.15. The Morgan fingerprint density at radius 1 is 1.17 bits per heavy atom. The van der Waals surface area contributed by atoms with Crippen LogP contribution >= 0.6 is 11.3 Å². The Morgan fingerprint density at radius 2 is 1.96 bits per heavy atom. The number of hydrogen-bond donors (Lipinski definition) is 1. The van der Waals surface area contributed by atoms with E-state index in [0.717, 1.165) is 46.5 Å². The zero-order valence-corrected chi connectivity index (χ0v) is 14.8. The maximum Gasteiger partial charge on any atom is 0.221 e. The number of aromatic nitrogens is 2. The van der Waals surface area contributed by atoms with E-state index in [0.29, 0.717) is 5.95 Å². The molecule has 1 aromatic carbocycles. The summed E-state index contributed by atoms with van der Waals surface area (Å²) in [5.41, 5.74) is 9.75. The summed E-state index contributed by atoms with van der Waals surface area (Å²) < 4.78 is 1.06. The molecule has 0 fully saturated rings. The van der Waals surface area contributed by atoms with E-state index in [-0.39, 0.29) is 0 Å². The van der Waals surface area contributed by atoms with Crippen molar-refractivity contribution in [1.29, 1.82) is 0 Å². The number of nitrogens with zero attached hydrogens (tertiary/aromatic N) is 4. The number of anilines is 1. The topological polar surface area (TPSA) is 67.4 Å². The standard InChI is InChI=1S/C18H21N5S/c1-23(2)10-3-9-20-12-13-4-6-14(7-5-13)16-17-15(8-11-24-17)21-18(19)22-16/h4-8,11-12H,3,9-10H2,1-2H3,(H2,19,21,22)/b20-12-. The molecule has 5 nitrogen and oxygen atoms in total. The molecular formula is C18H21N5S. The van der Waals surface area contributed by atoms with Crippen molar-refractivity contribution in [1.82, 2.24) is 14.9 Å². The predicted molar refractivity (Wildman–Crippen MR) is 103 cm³/mol. The molecule has 0 aliphatic carbocycles. The smallest absolute Gasteiger partial charge is 0.221 e. The van der Waals surface area contributed by atoms with Crippen LogP contribution in [0.25, 0.3) is 21.5 Å². The normalized spacial score (nSPS) is 11.8. The van der Waals surface area contributed by atoms with Gasteiger partial charge in [0.05, 0.1) is 15.9 Å². The zero-order chi connectivity index (χ0) is 16.9. The highest BCUT2D eigenvalue weighted by Crippen LogP contribution is 2.30. The third-order valence-corrected chi connectivity index (χ3v) is 4.55. The van der Waals surface area contributed by atoms with Gasteiger partial charge in [0.15, 0.2) is 0 Å². The number of hydrogen-bond acceptors (Lipinski definition) is 6. The van der Waals surface area contributed by atoms with Gasteiger partial charge in [-0.05, 0) is 44.1 Å². The number of thiophene rings is 1. The van der Waals surface area contributed by atoms with Gasteiger partial charge < -0.3 is 10.6 Å². The van der Waals surface area contributed by atoms with Gasteiger partial charge in [-0.25, -0.2) is 9.97 Å². The molecule has 3 rings (SSSR count). The van der Waals surface area contributed by atoms with Gasteiger partial charge in [0, 0.05) is 18.3 Å². The molecule has 2 heterocycles. The van der Waals surface area contributed by atoms with Crippen LogP contribution in [-0.4, -0.2) is 48.3 Å². The van der Waals surface area contributed by atoms with Crippen molar-refractivity contribution in [3.8, 4) is 11.3 Å². The van der Waals surface area contributed by atoms with Crippen LogP contribution in [0.4, 0.5) is 5.95 Å². The minimum absolute atomic E-state index is 0.308. The summed E-state index contributed by atoms with van der Waals surface area (Å²) in [6, 6.07) is 10.2. The quantitative estimate of drug-likeness (QED) is 0.553. The highest BCUT2D eigenvalue weighted by Gasteiger charge is 2.09. The van der Waals surface area contributed by atoms with Gasteiger partial charge in [-0.15, -0.1) is 11.3 Å². The van der Waals surface area contributed by atoms with Gasteiger partial charge in [-0.3, -0.25) is 4.99 Å². The lowest BCUT2D eigenvalue weighted by Crippen LogP contribution is -2.13. The van der Waals surface area contributed by atoms with Crippen LogP contribution in [-0.2, 0) is 0 Å². The van der Waals surface area contributed by atoms with E-state index >= 15 is 0 Å². The second kappa shape index (κ2) is 7.51. The zero-order valence-electron chi connectivity index (χ0n) is 13.9. The Bertz CT molecular complexity index is 836. The van der Waals surface area contributed by atoms with Crippen molar-refractivity contribution in [2.24, 2.45) is 4.99 Å². The lowest BCUT2D eigenvalue weighted by atomic mass is 10.1. The lowest BCUT2D eigenvalue weighted by Gasteiger charge is -2.06. The molecule has 24 heavy (non-hydrogen) atoms. The van der Waals surface area contributed by atoms with Crippen molar-refractivity contribution in [3.63, 3.8) is 0 Å². The third-order valence-electron chi connectivity index (χ3n) is 3.64. The summed E-state index contributed by atoms with van der Waals surface area (Å²) in [4.78, 5) is 15.3. The molecule has 0 atom stereocenters. The fraction of sp³-hybridized carbons (Fsp3) is 0.278. The highest BCUT2D eigenvalue weighted by atomic mass is 32.1. The monoisotopic (exact) mass is 339 g/mol. The predicted octanol–water partition coefficient (Wildman–Crippen LogP) is 3.31. The average molecular weight is 339 g/mol. The number of aliphatic imine (C=N–C) groups is 1. The maximum atomic E-state index is 5.82. The van der Waals surface area contributed by atoms with E-state index in [4.69, 9.17) is 5.73 Å². The minimum Gasteiger partial charge on any atom is -0.368 e. The second-order valence-corrected chi connectivity index (χ2v) is 6.80. The van der Waals surface area contributed by atoms with Gasteiger partial charge in [-0.1, -0.05) is 24.3 Å². The molecule has 0 saturated heterocycles. The number of rotatable bonds is 6. The Labute approximate surface area is 145 Å². The molecule has 0 saturated carbocycles. The molecule has 124 valence electrons. The molecule has 2 N–H and O–H groups in total. The van der Waals surface area contributed by atoms with Crippen molar-refractivity contribution in [3.05, 3.63) is 41.3 Å². The van der Waals surface area contributed by atoms with Crippen LogP contribution in [0.2, 0.25) is 0 Å². The molecule has 0 spiro atoms. The Hall–Kier alpha value is -2.31. The van der Waals surface area contributed by atoms with Gasteiger partial charge in [0.1, 0.15) is 0 Å². The van der Waals surface area contributed by atoms with E-state index in [1.165, 1.54) is 0 Å². The first-order chi connectivity index (χ1) is 11.6. The summed E-state index contributed by atoms with van der Waals surface area (Å²) in [6.45, 7) is 1.90. The summed E-state index contributed by atoms with van der Waals surface area (Å²) in [6.07, 6.45) is 2.99. The molecule has 0 amide bonds. The maximum absolute atomic E-state index is 5.82. The van der Waals surface area contributed by atoms with E-state index in [2.05, 4.69) is 58.2 Å². The SMILES string of the molecule is CN(C)CCC/N=C\c1ccc(-c2nc(N)nc3ccsc23)cc1. The first kappa shape index (κ1) is 16.5. The molecule has 6 heteroatoms. The van der Waals surface area contributed by atoms with Crippen molar-refractivity contribution < 1.29 is 0 Å². The Kier molecular flexibility index (Phi) is 5.17. The first-order valence-electron chi connectivity index (χ1n) is 7.89. The number of nitrogens with two attached hydrogens (primary N) is 1. The third kappa shape index (κ3) is 3.96. The van der Waals surface area contributed by atoms with Crippen LogP contribution in [0.3, 0.4) is 0 Å².